The molecule has 0 fully saturated rings. The molecule has 0 radical (unpaired) electrons. The van der Waals surface area contributed by atoms with Crippen molar-refractivity contribution in [2.75, 3.05) is 6.54 Å². The molecule has 0 spiro atoms. The van der Waals surface area contributed by atoms with Crippen molar-refractivity contribution >= 4 is 12.0 Å². The van der Waals surface area contributed by atoms with E-state index in [1.807, 2.05) is 14.0 Å². The van der Waals surface area contributed by atoms with Gasteiger partial charge in [-0.15, -0.1) is 10.2 Å². The van der Waals surface area contributed by atoms with Gasteiger partial charge in [-0.3, -0.25) is 4.79 Å². The Hall–Kier alpha value is -2.12. The average Bonchev–Trinajstić information content (AvgIpc) is 2.74. The second-order valence-electron chi connectivity index (χ2n) is 4.70. The van der Waals surface area contributed by atoms with Crippen LogP contribution < -0.4 is 10.6 Å². The van der Waals surface area contributed by atoms with E-state index in [4.69, 9.17) is 5.11 Å². The zero-order valence-electron chi connectivity index (χ0n) is 11.8. The van der Waals surface area contributed by atoms with Crippen LogP contribution in [-0.4, -0.2) is 44.5 Å². The Bertz CT molecular complexity index is 446. The number of hydrogen-bond donors (Lipinski definition) is 3. The van der Waals surface area contributed by atoms with Gasteiger partial charge in [-0.1, -0.05) is 0 Å². The number of amides is 2. The molecule has 1 aromatic rings. The zero-order chi connectivity index (χ0) is 15.0. The first-order valence-corrected chi connectivity index (χ1v) is 6.58. The highest BCUT2D eigenvalue weighted by Crippen LogP contribution is 2.00. The van der Waals surface area contributed by atoms with Gasteiger partial charge >= 0.3 is 12.0 Å². The molecule has 8 heteroatoms. The van der Waals surface area contributed by atoms with Crippen molar-refractivity contribution in [1.82, 2.24) is 25.4 Å². The smallest absolute Gasteiger partial charge is 0.315 e. The van der Waals surface area contributed by atoms with Gasteiger partial charge in [0.15, 0.2) is 0 Å². The van der Waals surface area contributed by atoms with E-state index in [2.05, 4.69) is 20.8 Å². The molecule has 1 aromatic heterocycles. The fourth-order valence-electron chi connectivity index (χ4n) is 1.73. The van der Waals surface area contributed by atoms with Crippen LogP contribution in [0.1, 0.15) is 32.0 Å². The van der Waals surface area contributed by atoms with Gasteiger partial charge in [-0.05, 0) is 19.8 Å². The number of aryl methyl sites for hydroxylation is 1. The number of carboxylic acid groups (broad SMARTS) is 1. The van der Waals surface area contributed by atoms with Crippen molar-refractivity contribution in [1.29, 1.82) is 0 Å². The van der Waals surface area contributed by atoms with Gasteiger partial charge in [-0.25, -0.2) is 4.79 Å². The molecule has 1 heterocycles. The lowest BCUT2D eigenvalue weighted by Gasteiger charge is -2.14. The molecule has 0 aliphatic heterocycles. The fraction of sp³-hybridized carbons (Fsp3) is 0.667. The maximum absolute atomic E-state index is 11.6. The van der Waals surface area contributed by atoms with E-state index in [-0.39, 0.29) is 18.5 Å². The number of carboxylic acids is 1. The highest BCUT2D eigenvalue weighted by atomic mass is 16.4. The van der Waals surface area contributed by atoms with E-state index in [1.54, 1.807) is 10.9 Å². The van der Waals surface area contributed by atoms with Gasteiger partial charge in [0.2, 0.25) is 0 Å². The van der Waals surface area contributed by atoms with E-state index >= 15 is 0 Å². The topological polar surface area (TPSA) is 109 Å². The predicted molar refractivity (Wildman–Crippen MR) is 72.2 cm³/mol. The third-order valence-electron chi connectivity index (χ3n) is 2.84. The highest BCUT2D eigenvalue weighted by molar-refractivity contribution is 5.74. The van der Waals surface area contributed by atoms with E-state index < -0.39 is 5.97 Å². The number of aliphatic carboxylic acids is 1. The third-order valence-corrected chi connectivity index (χ3v) is 2.84. The summed E-state index contributed by atoms with van der Waals surface area (Å²) in [7, 11) is 1.85. The summed E-state index contributed by atoms with van der Waals surface area (Å²) in [6, 6.07) is -0.306. The zero-order valence-corrected chi connectivity index (χ0v) is 11.8. The molecule has 1 rings (SSSR count). The monoisotopic (exact) mass is 283 g/mol. The number of carbonyl (C=O) groups is 2. The van der Waals surface area contributed by atoms with E-state index in [0.29, 0.717) is 25.8 Å². The molecule has 3 N–H and O–H groups in total. The predicted octanol–water partition coefficient (Wildman–Crippen LogP) is 0.300. The Morgan fingerprint density at radius 3 is 2.85 bits per heavy atom. The summed E-state index contributed by atoms with van der Waals surface area (Å²) in [5, 5.41) is 21.7. The Morgan fingerprint density at radius 2 is 2.25 bits per heavy atom. The molecule has 2 amide bonds. The summed E-state index contributed by atoms with van der Waals surface area (Å²) in [5.41, 5.74) is 0. The number of nitrogens with one attached hydrogen (secondary N) is 2. The molecule has 20 heavy (non-hydrogen) atoms. The minimum Gasteiger partial charge on any atom is -0.481 e. The van der Waals surface area contributed by atoms with Gasteiger partial charge in [0, 0.05) is 32.5 Å². The van der Waals surface area contributed by atoms with E-state index in [9.17, 15) is 9.59 Å². The van der Waals surface area contributed by atoms with Crippen LogP contribution in [0.15, 0.2) is 6.33 Å². The Balaban J connectivity index is 2.13. The molecule has 0 aliphatic rings. The molecular formula is C12H21N5O3. The van der Waals surface area contributed by atoms with Crippen LogP contribution in [0, 0.1) is 0 Å². The van der Waals surface area contributed by atoms with Crippen molar-refractivity contribution in [3.8, 4) is 0 Å². The number of hydrogen-bond acceptors (Lipinski definition) is 4. The van der Waals surface area contributed by atoms with Crippen LogP contribution in [0.4, 0.5) is 4.79 Å². The maximum Gasteiger partial charge on any atom is 0.315 e. The van der Waals surface area contributed by atoms with E-state index in [1.165, 1.54) is 0 Å². The summed E-state index contributed by atoms with van der Waals surface area (Å²) >= 11 is 0. The molecule has 0 saturated heterocycles. The first-order valence-electron chi connectivity index (χ1n) is 6.58. The maximum atomic E-state index is 11.6. The van der Waals surface area contributed by atoms with Crippen molar-refractivity contribution in [2.24, 2.45) is 7.05 Å². The summed E-state index contributed by atoms with van der Waals surface area (Å²) in [4.78, 5) is 22.0. The van der Waals surface area contributed by atoms with Crippen LogP contribution in [0.3, 0.4) is 0 Å². The lowest BCUT2D eigenvalue weighted by atomic mass is 10.1. The Morgan fingerprint density at radius 1 is 1.50 bits per heavy atom. The van der Waals surface area contributed by atoms with Gasteiger partial charge in [-0.2, -0.15) is 0 Å². The second-order valence-corrected chi connectivity index (χ2v) is 4.70. The van der Waals surface area contributed by atoms with Crippen LogP contribution in [0.25, 0.3) is 0 Å². The lowest BCUT2D eigenvalue weighted by Crippen LogP contribution is -2.41. The lowest BCUT2D eigenvalue weighted by molar-refractivity contribution is -0.137. The van der Waals surface area contributed by atoms with Crippen LogP contribution >= 0.6 is 0 Å². The van der Waals surface area contributed by atoms with Gasteiger partial charge in [0.25, 0.3) is 0 Å². The van der Waals surface area contributed by atoms with Crippen molar-refractivity contribution in [3.63, 3.8) is 0 Å². The summed E-state index contributed by atoms with van der Waals surface area (Å²) < 4.78 is 1.80. The molecular weight excluding hydrogens is 262 g/mol. The Kier molecular flexibility index (Phi) is 6.48. The molecule has 8 nitrogen and oxygen atoms in total. The van der Waals surface area contributed by atoms with Crippen LogP contribution in [0.5, 0.6) is 0 Å². The molecule has 1 atom stereocenters. The SMILES string of the molecule is CC(CCCC(=O)O)NC(=O)NCCc1nncn1C. The van der Waals surface area contributed by atoms with Crippen molar-refractivity contribution < 1.29 is 14.7 Å². The van der Waals surface area contributed by atoms with Crippen molar-refractivity contribution in [2.45, 2.75) is 38.6 Å². The minimum atomic E-state index is -0.815. The number of carbonyl (C=O) groups excluding carboxylic acids is 1. The van der Waals surface area contributed by atoms with Gasteiger partial charge < -0.3 is 20.3 Å². The normalized spacial score (nSPS) is 11.9. The van der Waals surface area contributed by atoms with E-state index in [0.717, 1.165) is 5.82 Å². The van der Waals surface area contributed by atoms with Crippen molar-refractivity contribution in [3.05, 3.63) is 12.2 Å². The van der Waals surface area contributed by atoms with Crippen LogP contribution in [-0.2, 0) is 18.3 Å². The fourth-order valence-corrected chi connectivity index (χ4v) is 1.73. The molecule has 0 bridgehead atoms. The van der Waals surface area contributed by atoms with Gasteiger partial charge in [0.1, 0.15) is 12.2 Å². The third kappa shape index (κ3) is 6.17. The molecule has 0 saturated carbocycles. The summed E-state index contributed by atoms with van der Waals surface area (Å²) in [6.45, 7) is 2.32. The highest BCUT2D eigenvalue weighted by Gasteiger charge is 2.08. The number of nitrogens with zero attached hydrogens (tertiary/aromatic N) is 3. The standard InChI is InChI=1S/C12H21N5O3/c1-9(4-3-5-11(18)19)15-12(20)13-7-6-10-16-14-8-17(10)2/h8-9H,3-7H2,1-2H3,(H,18,19)(H2,13,15,20). The largest absolute Gasteiger partial charge is 0.481 e. The summed E-state index contributed by atoms with van der Waals surface area (Å²) in [6.07, 6.45) is 3.54. The minimum absolute atomic E-state index is 0.0517. The molecule has 112 valence electrons. The second kappa shape index (κ2) is 8.13. The van der Waals surface area contributed by atoms with Crippen LogP contribution in [0.2, 0.25) is 0 Å². The number of urea groups is 1. The van der Waals surface area contributed by atoms with Gasteiger partial charge in [0.05, 0.1) is 0 Å². The molecule has 0 aromatic carbocycles. The number of aromatic nitrogens is 3. The number of rotatable bonds is 8. The first-order chi connectivity index (χ1) is 9.49. The molecule has 1 unspecified atom stereocenters. The average molecular weight is 283 g/mol. The quantitative estimate of drug-likeness (QED) is 0.635. The Labute approximate surface area is 117 Å². The summed E-state index contributed by atoms with van der Waals surface area (Å²) in [5.74, 6) is -0.00913. The first kappa shape index (κ1) is 15.9. The molecule has 0 aliphatic carbocycles.